The van der Waals surface area contributed by atoms with Gasteiger partial charge in [-0.05, 0) is 23.3 Å². The van der Waals surface area contributed by atoms with Crippen molar-refractivity contribution in [2.45, 2.75) is 11.3 Å². The molecule has 24 heavy (non-hydrogen) atoms. The summed E-state index contributed by atoms with van der Waals surface area (Å²) >= 11 is 4.48. The molecule has 3 N–H and O–H groups in total. The van der Waals surface area contributed by atoms with E-state index in [1.54, 1.807) is 7.05 Å². The average molecular weight is 382 g/mol. The monoisotopic (exact) mass is 381 g/mol. The first-order valence-electron chi connectivity index (χ1n) is 6.51. The summed E-state index contributed by atoms with van der Waals surface area (Å²) in [5, 5.41) is 7.53. The van der Waals surface area contributed by atoms with Gasteiger partial charge in [0.2, 0.25) is 10.9 Å². The van der Waals surface area contributed by atoms with Gasteiger partial charge in [-0.15, -0.1) is 10.6 Å². The Bertz CT molecular complexity index is 662. The van der Waals surface area contributed by atoms with E-state index in [-0.39, 0.29) is 27.2 Å². The summed E-state index contributed by atoms with van der Waals surface area (Å²) in [7, 11) is 1.61. The molecule has 0 bridgehead atoms. The van der Waals surface area contributed by atoms with Crippen molar-refractivity contribution in [3.05, 3.63) is 22.7 Å². The number of benzene rings is 1. The van der Waals surface area contributed by atoms with Gasteiger partial charge >= 0.3 is 0 Å². The van der Waals surface area contributed by atoms with E-state index in [2.05, 4.69) is 21.5 Å². The molecule has 1 heterocycles. The Morgan fingerprint density at radius 1 is 1.58 bits per heavy atom. The van der Waals surface area contributed by atoms with E-state index < -0.39 is 30.1 Å². The van der Waals surface area contributed by atoms with Crippen LogP contribution in [-0.4, -0.2) is 47.8 Å². The third kappa shape index (κ3) is 4.17. The predicted molar refractivity (Wildman–Crippen MR) is 84.2 cm³/mol. The molecular weight excluding hydrogens is 368 g/mol. The summed E-state index contributed by atoms with van der Waals surface area (Å²) in [4.78, 5) is 12.3. The van der Waals surface area contributed by atoms with Crippen LogP contribution in [0.2, 0.25) is 5.02 Å². The highest BCUT2D eigenvalue weighted by Gasteiger charge is 2.26. The van der Waals surface area contributed by atoms with Crippen molar-refractivity contribution >= 4 is 34.6 Å². The molecule has 0 aromatic heterocycles. The molecule has 8 nitrogen and oxygen atoms in total. The number of ether oxygens (including phenoxy) is 1. The molecule has 1 aliphatic rings. The van der Waals surface area contributed by atoms with Crippen LogP contribution in [-0.2, 0) is 11.2 Å². The summed E-state index contributed by atoms with van der Waals surface area (Å²) < 4.78 is 41.4. The van der Waals surface area contributed by atoms with Gasteiger partial charge in [-0.3, -0.25) is 15.1 Å². The van der Waals surface area contributed by atoms with Crippen LogP contribution in [0.15, 0.2) is 22.1 Å². The Balaban J connectivity index is 2.27. The first kappa shape index (κ1) is 18.5. The maximum absolute atomic E-state index is 12.3. The van der Waals surface area contributed by atoms with E-state index in [4.69, 9.17) is 16.3 Å². The van der Waals surface area contributed by atoms with E-state index in [1.165, 1.54) is 23.4 Å². The number of alkyl halides is 2. The van der Waals surface area contributed by atoms with Crippen LogP contribution in [0.1, 0.15) is 10.4 Å². The molecule has 0 fully saturated rings. The number of rotatable bonds is 5. The Labute approximate surface area is 144 Å². The highest BCUT2D eigenvalue weighted by Crippen LogP contribution is 2.34. The van der Waals surface area contributed by atoms with Gasteiger partial charge in [-0.2, -0.15) is 0 Å². The molecule has 0 radical (unpaired) electrons. The zero-order valence-corrected chi connectivity index (χ0v) is 14.2. The largest absolute Gasteiger partial charge is 0.612 e. The lowest BCUT2D eigenvalue weighted by molar-refractivity contribution is 0.0803. The minimum Gasteiger partial charge on any atom is -0.612 e. The van der Waals surface area contributed by atoms with Crippen molar-refractivity contribution in [2.75, 3.05) is 19.9 Å². The topological polar surface area (TPSA) is 101 Å². The smallest absolute Gasteiger partial charge is 0.272 e. The highest BCUT2D eigenvalue weighted by molar-refractivity contribution is 7.91. The Hall–Kier alpha value is -1.82. The summed E-state index contributed by atoms with van der Waals surface area (Å²) in [6.07, 6.45) is -1.39. The fourth-order valence-electron chi connectivity index (χ4n) is 1.81. The molecule has 1 amide bonds. The van der Waals surface area contributed by atoms with Gasteiger partial charge in [0.25, 0.3) is 12.3 Å². The summed E-state index contributed by atoms with van der Waals surface area (Å²) in [5.74, 6) is -0.479. The van der Waals surface area contributed by atoms with Crippen molar-refractivity contribution in [2.24, 2.45) is 5.10 Å². The van der Waals surface area contributed by atoms with Gasteiger partial charge < -0.3 is 9.29 Å². The number of hydrogen-bond acceptors (Lipinski definition) is 7. The number of carbonyl (C=O) groups excluding carboxylic acids is 1. The van der Waals surface area contributed by atoms with Crippen LogP contribution in [0.5, 0.6) is 5.75 Å². The number of amides is 1. The lowest BCUT2D eigenvalue weighted by Crippen LogP contribution is -2.45. The quantitative estimate of drug-likeness (QED) is 0.648. The van der Waals surface area contributed by atoms with Gasteiger partial charge in [0, 0.05) is 7.05 Å². The average Bonchev–Trinajstić information content (AvgIpc) is 2.89. The van der Waals surface area contributed by atoms with Crippen LogP contribution >= 0.6 is 11.6 Å². The second-order valence-electron chi connectivity index (χ2n) is 4.58. The fraction of sp³-hybridized carbons (Fsp3) is 0.333. The molecule has 2 rings (SSSR count). The van der Waals surface area contributed by atoms with Crippen LogP contribution in [0.3, 0.4) is 0 Å². The van der Waals surface area contributed by atoms with E-state index in [0.717, 1.165) is 0 Å². The minimum atomic E-state index is -2.69. The van der Waals surface area contributed by atoms with Crippen LogP contribution in [0, 0.1) is 0 Å². The molecule has 132 valence electrons. The summed E-state index contributed by atoms with van der Waals surface area (Å²) in [5.41, 5.74) is 5.04. The molecule has 1 aromatic carbocycles. The van der Waals surface area contributed by atoms with Crippen LogP contribution in [0.4, 0.5) is 8.78 Å². The lowest BCUT2D eigenvalue weighted by atomic mass is 10.2. The molecular formula is C12H14ClF2N5O3S. The van der Waals surface area contributed by atoms with Crippen molar-refractivity contribution in [1.29, 1.82) is 0 Å². The molecule has 1 aliphatic heterocycles. The van der Waals surface area contributed by atoms with Crippen LogP contribution < -0.4 is 21.1 Å². The van der Waals surface area contributed by atoms with E-state index in [9.17, 15) is 18.1 Å². The Kier molecular flexibility index (Phi) is 6.04. The molecule has 1 unspecified atom stereocenters. The number of guanidine groups is 1. The standard InChI is InChI=1S/C12H14ClF2N5O3S/c1-20-12(17-18-19-20)16-11(21)6-3-4-7(23-5-8(14)15)10(9(6)13)24(2)22/h3-4,8,18-19H,5H2,1-2H3,(H,16,17,21). The van der Waals surface area contributed by atoms with Gasteiger partial charge in [-0.25, -0.2) is 14.3 Å². The maximum atomic E-state index is 12.3. The van der Waals surface area contributed by atoms with Gasteiger partial charge in [-0.1, -0.05) is 11.6 Å². The summed E-state index contributed by atoms with van der Waals surface area (Å²) in [6, 6.07) is 2.57. The number of nitrogens with zero attached hydrogens (tertiary/aromatic N) is 2. The van der Waals surface area contributed by atoms with E-state index >= 15 is 0 Å². The second kappa shape index (κ2) is 7.83. The van der Waals surface area contributed by atoms with Crippen molar-refractivity contribution in [3.8, 4) is 5.75 Å². The minimum absolute atomic E-state index is 0.00858. The Morgan fingerprint density at radius 2 is 2.29 bits per heavy atom. The summed E-state index contributed by atoms with van der Waals surface area (Å²) in [6.45, 7) is -0.870. The first-order valence-corrected chi connectivity index (χ1v) is 8.45. The van der Waals surface area contributed by atoms with E-state index in [1.807, 2.05) is 0 Å². The van der Waals surface area contributed by atoms with Crippen molar-refractivity contribution < 1.29 is 22.9 Å². The number of hydrazone groups is 1. The molecule has 1 aromatic rings. The number of nitrogens with one attached hydrogen (secondary N) is 3. The molecule has 0 aliphatic carbocycles. The van der Waals surface area contributed by atoms with E-state index in [0.29, 0.717) is 0 Å². The van der Waals surface area contributed by atoms with Crippen molar-refractivity contribution in [1.82, 2.24) is 21.4 Å². The molecule has 12 heteroatoms. The SMILES string of the molecule is CN1NNN=C1NC(=O)c1ccc(OCC(F)F)c([S+](C)[O-])c1Cl. The zero-order valence-electron chi connectivity index (χ0n) is 12.6. The molecule has 0 saturated carbocycles. The third-order valence-electron chi connectivity index (χ3n) is 2.88. The normalized spacial score (nSPS) is 15.1. The fourth-order valence-corrected chi connectivity index (χ4v) is 3.15. The molecule has 1 atom stereocenters. The predicted octanol–water partition coefficient (Wildman–Crippen LogP) is 0.677. The molecule has 0 saturated heterocycles. The number of carbonyl (C=O) groups is 1. The maximum Gasteiger partial charge on any atom is 0.272 e. The van der Waals surface area contributed by atoms with Crippen molar-refractivity contribution in [3.63, 3.8) is 0 Å². The van der Waals surface area contributed by atoms with Crippen LogP contribution in [0.25, 0.3) is 0 Å². The highest BCUT2D eigenvalue weighted by atomic mass is 35.5. The lowest BCUT2D eigenvalue weighted by Gasteiger charge is -2.16. The first-order chi connectivity index (χ1) is 11.3. The van der Waals surface area contributed by atoms with Gasteiger partial charge in [0.1, 0.15) is 17.9 Å². The zero-order chi connectivity index (χ0) is 17.9. The number of halogens is 3. The van der Waals surface area contributed by atoms with Gasteiger partial charge in [0.05, 0.1) is 5.56 Å². The molecule has 0 spiro atoms. The third-order valence-corrected chi connectivity index (χ3v) is 4.37. The van der Waals surface area contributed by atoms with Gasteiger partial charge in [0.15, 0.2) is 5.75 Å². The second-order valence-corrected chi connectivity index (χ2v) is 6.28. The Morgan fingerprint density at radius 3 is 2.83 bits per heavy atom. The number of hydrogen-bond donors (Lipinski definition) is 3. The number of hydrazine groups is 2.